The molecule has 0 spiro atoms. The van der Waals surface area contributed by atoms with Crippen molar-refractivity contribution in [2.45, 2.75) is 63.7 Å². The molecule has 10 heterocycles. The third-order valence-electron chi connectivity index (χ3n) is 13.8. The monoisotopic (exact) mass is 646 g/mol. The Morgan fingerprint density at radius 1 is 0.708 bits per heavy atom. The van der Waals surface area contributed by atoms with Gasteiger partial charge < -0.3 is 29.7 Å². The molecule has 4 aromatic rings. The molecule has 8 nitrogen and oxygen atoms in total. The number of benzene rings is 2. The number of methoxy groups -OCH3 is 2. The van der Waals surface area contributed by atoms with E-state index in [1.807, 2.05) is 0 Å². The first-order valence-electron chi connectivity index (χ1n) is 18.0. The van der Waals surface area contributed by atoms with Crippen molar-refractivity contribution in [1.82, 2.24) is 19.8 Å². The fraction of sp³-hybridized carbons (Fsp3) is 0.500. The Balaban J connectivity index is 1.20. The summed E-state index contributed by atoms with van der Waals surface area (Å²) in [5.74, 6) is 3.06. The van der Waals surface area contributed by atoms with E-state index in [4.69, 9.17) is 9.47 Å². The summed E-state index contributed by atoms with van der Waals surface area (Å²) in [7, 11) is 3.56. The van der Waals surface area contributed by atoms with Gasteiger partial charge in [0.05, 0.1) is 26.3 Å². The number of nitrogens with zero attached hydrogens (tertiary/aromatic N) is 2. The first kappa shape index (κ1) is 29.4. The van der Waals surface area contributed by atoms with Crippen molar-refractivity contribution in [3.8, 4) is 22.6 Å². The summed E-state index contributed by atoms with van der Waals surface area (Å²) in [5, 5.41) is 23.8. The van der Waals surface area contributed by atoms with Crippen LogP contribution >= 0.6 is 0 Å². The summed E-state index contributed by atoms with van der Waals surface area (Å²) in [5.41, 5.74) is 12.8. The van der Waals surface area contributed by atoms with E-state index in [-0.39, 0.29) is 25.0 Å². The van der Waals surface area contributed by atoms with E-state index in [2.05, 4.69) is 70.0 Å². The molecule has 8 aliphatic heterocycles. The molecule has 6 fully saturated rings. The van der Waals surface area contributed by atoms with Crippen LogP contribution in [0.3, 0.4) is 0 Å². The van der Waals surface area contributed by atoms with Gasteiger partial charge in [0.15, 0.2) is 0 Å². The summed E-state index contributed by atoms with van der Waals surface area (Å²) < 4.78 is 12.5. The maximum atomic E-state index is 10.7. The Morgan fingerprint density at radius 2 is 1.15 bits per heavy atom. The van der Waals surface area contributed by atoms with Crippen LogP contribution < -0.4 is 9.47 Å². The van der Waals surface area contributed by atoms with Crippen LogP contribution in [0.5, 0.6) is 11.5 Å². The highest BCUT2D eigenvalue weighted by Gasteiger charge is 2.54. The van der Waals surface area contributed by atoms with Gasteiger partial charge in [-0.15, -0.1) is 0 Å². The number of fused-ring (bicyclic) bond motifs is 8. The number of aromatic nitrogens is 2. The van der Waals surface area contributed by atoms with Crippen molar-refractivity contribution in [1.29, 1.82) is 0 Å². The smallest absolute Gasteiger partial charge is 0.127 e. The van der Waals surface area contributed by atoms with Gasteiger partial charge in [0.25, 0.3) is 0 Å². The molecule has 250 valence electrons. The maximum absolute atomic E-state index is 10.7. The average molecular weight is 647 g/mol. The van der Waals surface area contributed by atoms with E-state index in [9.17, 15) is 10.2 Å². The van der Waals surface area contributed by atoms with E-state index in [1.54, 1.807) is 14.2 Å². The van der Waals surface area contributed by atoms with Gasteiger partial charge in [-0.05, 0) is 86.8 Å². The minimum absolute atomic E-state index is 0.219. The maximum Gasteiger partial charge on any atom is 0.127 e. The minimum atomic E-state index is 0.219. The topological polar surface area (TPSA) is 97.0 Å². The predicted octanol–water partition coefficient (Wildman–Crippen LogP) is 6.05. The van der Waals surface area contributed by atoms with E-state index in [1.165, 1.54) is 44.4 Å². The standard InChI is InChI=1S/C40H46N4O4/c1-5-19-15-43-29-13-23-35-27(41-39(23)31(43)11-21(19)25(29)17-45)7-9-33(47-3)37(35)38-34(48-4)10-8-28-36(38)24-14-30-26(18-46)22-12-32(40(24)42-28)44(30)16-20(22)6-2/h5-10,21-22,25-26,29-32,41-42,45-46H,11-18H2,1-4H3/b19-5-,20-6-/t21-,22-,25?,26?,29?,30?,31?,32?/m1/s1. The Morgan fingerprint density at radius 3 is 1.52 bits per heavy atom. The molecular formula is C40H46N4O4. The Kier molecular flexibility index (Phi) is 6.41. The number of aliphatic hydroxyl groups excluding tert-OH is 2. The molecule has 0 amide bonds. The zero-order chi connectivity index (χ0) is 32.6. The van der Waals surface area contributed by atoms with E-state index in [0.717, 1.165) is 72.4 Å². The molecule has 2 aromatic heterocycles. The van der Waals surface area contributed by atoms with Crippen molar-refractivity contribution in [3.63, 3.8) is 0 Å². The number of aliphatic hydroxyl groups is 2. The van der Waals surface area contributed by atoms with Gasteiger partial charge in [0.2, 0.25) is 0 Å². The zero-order valence-corrected chi connectivity index (χ0v) is 28.3. The van der Waals surface area contributed by atoms with Crippen molar-refractivity contribution in [2.24, 2.45) is 23.7 Å². The Hall–Kier alpha value is -3.56. The first-order chi connectivity index (χ1) is 23.5. The van der Waals surface area contributed by atoms with Crippen LogP contribution in [0, 0.1) is 23.7 Å². The predicted molar refractivity (Wildman–Crippen MR) is 187 cm³/mol. The molecule has 0 radical (unpaired) electrons. The number of ether oxygens (including phenoxy) is 2. The fourth-order valence-electron chi connectivity index (χ4n) is 11.7. The van der Waals surface area contributed by atoms with Crippen molar-refractivity contribution >= 4 is 21.8 Å². The number of nitrogens with one attached hydrogen (secondary N) is 2. The number of rotatable bonds is 5. The van der Waals surface area contributed by atoms with Crippen LogP contribution in [0.15, 0.2) is 47.6 Å². The molecule has 0 saturated carbocycles. The zero-order valence-electron chi connectivity index (χ0n) is 28.3. The first-order valence-corrected chi connectivity index (χ1v) is 18.0. The van der Waals surface area contributed by atoms with Crippen LogP contribution in [-0.2, 0) is 12.8 Å². The number of allylic oxidation sites excluding steroid dienone is 2. The van der Waals surface area contributed by atoms with Gasteiger partial charge in [0, 0.05) is 94.5 Å². The largest absolute Gasteiger partial charge is 0.496 e. The molecule has 8 heteroatoms. The fourth-order valence-corrected chi connectivity index (χ4v) is 11.7. The van der Waals surface area contributed by atoms with Gasteiger partial charge >= 0.3 is 0 Å². The molecule has 8 aliphatic rings. The van der Waals surface area contributed by atoms with E-state index < -0.39 is 0 Å². The van der Waals surface area contributed by atoms with Crippen LogP contribution in [0.2, 0.25) is 0 Å². The second-order valence-electron chi connectivity index (χ2n) is 15.2. The van der Waals surface area contributed by atoms with Crippen LogP contribution in [0.25, 0.3) is 32.9 Å². The molecule has 0 aliphatic carbocycles. The highest BCUT2D eigenvalue weighted by Crippen LogP contribution is 2.58. The van der Waals surface area contributed by atoms with Gasteiger partial charge in [-0.2, -0.15) is 0 Å². The highest BCUT2D eigenvalue weighted by molar-refractivity contribution is 6.11. The van der Waals surface area contributed by atoms with Gasteiger partial charge in [0.1, 0.15) is 11.5 Å². The number of hydrogen-bond acceptors (Lipinski definition) is 6. The molecule has 8 bridgehead atoms. The molecule has 8 unspecified atom stereocenters. The molecule has 6 saturated heterocycles. The molecule has 4 N–H and O–H groups in total. The van der Waals surface area contributed by atoms with Crippen molar-refractivity contribution < 1.29 is 19.7 Å². The van der Waals surface area contributed by atoms with Crippen LogP contribution in [-0.4, -0.2) is 82.6 Å². The molecular weight excluding hydrogens is 600 g/mol. The van der Waals surface area contributed by atoms with E-state index in [0.29, 0.717) is 36.0 Å². The quantitative estimate of drug-likeness (QED) is 0.197. The second kappa shape index (κ2) is 10.5. The lowest BCUT2D eigenvalue weighted by Crippen LogP contribution is -2.60. The lowest BCUT2D eigenvalue weighted by atomic mass is 9.64. The van der Waals surface area contributed by atoms with Crippen LogP contribution in [0.4, 0.5) is 0 Å². The number of H-pyrrole nitrogens is 2. The van der Waals surface area contributed by atoms with Gasteiger partial charge in [-0.25, -0.2) is 0 Å². The summed E-state index contributed by atoms with van der Waals surface area (Å²) in [6, 6.07) is 9.87. The molecule has 12 rings (SSSR count). The summed E-state index contributed by atoms with van der Waals surface area (Å²) in [6.45, 7) is 6.73. The Bertz CT molecular complexity index is 1910. The molecule has 48 heavy (non-hydrogen) atoms. The van der Waals surface area contributed by atoms with E-state index >= 15 is 0 Å². The SMILES string of the molecule is C/C=C1/CN2C3C[C@H]1C(CO)C2Cc1c3[nH]c2ccc(OC)c(-c3c(OC)ccc4[nH]c5c(c34)CC3C(CO)[C@@H]4CC5N3C/C4=C/C)c12. The normalized spacial score (nSPS) is 35.9. The Labute approximate surface area is 281 Å². The molecule has 2 aromatic carbocycles. The third kappa shape index (κ3) is 3.59. The summed E-state index contributed by atoms with van der Waals surface area (Å²) >= 11 is 0. The lowest BCUT2D eigenvalue weighted by Gasteiger charge is -2.58. The lowest BCUT2D eigenvalue weighted by molar-refractivity contribution is -0.0503. The van der Waals surface area contributed by atoms with Gasteiger partial charge in [-0.3, -0.25) is 9.80 Å². The summed E-state index contributed by atoms with van der Waals surface area (Å²) in [6.07, 6.45) is 8.46. The van der Waals surface area contributed by atoms with Crippen molar-refractivity contribution in [2.75, 3.05) is 40.5 Å². The highest BCUT2D eigenvalue weighted by atomic mass is 16.5. The van der Waals surface area contributed by atoms with Crippen molar-refractivity contribution in [3.05, 3.63) is 70.1 Å². The van der Waals surface area contributed by atoms with Gasteiger partial charge in [-0.1, -0.05) is 23.3 Å². The molecule has 10 atom stereocenters. The van der Waals surface area contributed by atoms with Crippen LogP contribution in [0.1, 0.15) is 61.3 Å². The number of hydrogen-bond donors (Lipinski definition) is 4. The average Bonchev–Trinajstić information content (AvgIpc) is 3.69. The summed E-state index contributed by atoms with van der Waals surface area (Å²) in [4.78, 5) is 13.2. The number of aromatic amines is 2. The minimum Gasteiger partial charge on any atom is -0.496 e. The third-order valence-corrected chi connectivity index (χ3v) is 13.8. The number of piperidine rings is 6. The second-order valence-corrected chi connectivity index (χ2v) is 15.2.